The first-order chi connectivity index (χ1) is 13.1. The van der Waals surface area contributed by atoms with Gasteiger partial charge >= 0.3 is 0 Å². The molecule has 7 heteroatoms. The van der Waals surface area contributed by atoms with Crippen molar-refractivity contribution in [2.24, 2.45) is 0 Å². The van der Waals surface area contributed by atoms with Crippen molar-refractivity contribution in [3.05, 3.63) is 70.6 Å². The number of nitrogens with one attached hydrogen (secondary N) is 1. The third-order valence-electron chi connectivity index (χ3n) is 4.56. The minimum absolute atomic E-state index is 0.0716. The second-order valence-corrected chi connectivity index (χ2v) is 7.18. The molecule has 0 aliphatic heterocycles. The van der Waals surface area contributed by atoms with Gasteiger partial charge in [0.25, 0.3) is 5.91 Å². The monoisotopic (exact) mass is 377 g/mol. The van der Waals surface area contributed by atoms with Crippen molar-refractivity contribution in [1.82, 2.24) is 25.1 Å². The second-order valence-electron chi connectivity index (χ2n) is 6.29. The van der Waals surface area contributed by atoms with Crippen LogP contribution in [-0.2, 0) is 6.42 Å². The van der Waals surface area contributed by atoms with Crippen molar-refractivity contribution < 1.29 is 4.79 Å². The lowest BCUT2D eigenvalue weighted by molar-refractivity contribution is 0.0954. The Kier molecular flexibility index (Phi) is 4.68. The standard InChI is InChI=1S/C20H19N5OS/c1-13-16(14(2)25(24-13)19-5-3-4-9-21-19)8-10-22-20(26)15-6-7-17-18(11-15)27-12-23-17/h3-7,9,11-12H,8,10H2,1-2H3,(H,22,26). The van der Waals surface area contributed by atoms with Crippen molar-refractivity contribution in [2.75, 3.05) is 6.54 Å². The molecule has 0 unspecified atom stereocenters. The van der Waals surface area contributed by atoms with E-state index in [1.165, 1.54) is 11.3 Å². The summed E-state index contributed by atoms with van der Waals surface area (Å²) in [4.78, 5) is 21.0. The highest BCUT2D eigenvalue weighted by molar-refractivity contribution is 7.16. The van der Waals surface area contributed by atoms with Crippen LogP contribution in [0.15, 0.2) is 48.1 Å². The molecule has 4 rings (SSSR count). The predicted molar refractivity (Wildman–Crippen MR) is 106 cm³/mol. The van der Waals surface area contributed by atoms with Gasteiger partial charge < -0.3 is 5.32 Å². The Hall–Kier alpha value is -3.06. The van der Waals surface area contributed by atoms with E-state index in [1.54, 1.807) is 11.7 Å². The van der Waals surface area contributed by atoms with Crippen LogP contribution < -0.4 is 5.32 Å². The molecule has 3 heterocycles. The molecular weight excluding hydrogens is 358 g/mol. The molecule has 1 aromatic carbocycles. The van der Waals surface area contributed by atoms with Gasteiger partial charge in [0.1, 0.15) is 0 Å². The topological polar surface area (TPSA) is 72.7 Å². The number of thiazole rings is 1. The van der Waals surface area contributed by atoms with Crippen LogP contribution in [0, 0.1) is 13.8 Å². The number of carbonyl (C=O) groups excluding carboxylic acids is 1. The van der Waals surface area contributed by atoms with Crippen molar-refractivity contribution in [2.45, 2.75) is 20.3 Å². The Balaban J connectivity index is 1.44. The molecular formula is C20H19N5OS. The van der Waals surface area contributed by atoms with E-state index in [0.29, 0.717) is 12.1 Å². The van der Waals surface area contributed by atoms with Crippen LogP contribution in [0.1, 0.15) is 27.3 Å². The van der Waals surface area contributed by atoms with Crippen LogP contribution in [0.25, 0.3) is 16.0 Å². The molecule has 0 atom stereocenters. The number of benzene rings is 1. The zero-order chi connectivity index (χ0) is 18.8. The second kappa shape index (κ2) is 7.28. The summed E-state index contributed by atoms with van der Waals surface area (Å²) in [5.74, 6) is 0.726. The molecule has 0 saturated heterocycles. The average Bonchev–Trinajstić information content (AvgIpc) is 3.27. The largest absolute Gasteiger partial charge is 0.352 e. The number of fused-ring (bicyclic) bond motifs is 1. The summed E-state index contributed by atoms with van der Waals surface area (Å²) in [5, 5.41) is 7.60. The lowest BCUT2D eigenvalue weighted by Gasteiger charge is -2.07. The van der Waals surface area contributed by atoms with Crippen molar-refractivity contribution >= 4 is 27.5 Å². The van der Waals surface area contributed by atoms with Crippen LogP contribution in [0.3, 0.4) is 0 Å². The molecule has 3 aromatic heterocycles. The zero-order valence-corrected chi connectivity index (χ0v) is 16.0. The van der Waals surface area contributed by atoms with Gasteiger partial charge in [-0.05, 0) is 56.2 Å². The van der Waals surface area contributed by atoms with Gasteiger partial charge in [-0.1, -0.05) is 6.07 Å². The number of aromatic nitrogens is 4. The van der Waals surface area contributed by atoms with Gasteiger partial charge in [-0.25, -0.2) is 14.6 Å². The SMILES string of the molecule is Cc1nn(-c2ccccn2)c(C)c1CCNC(=O)c1ccc2ncsc2c1. The van der Waals surface area contributed by atoms with Gasteiger partial charge in [0.05, 0.1) is 21.4 Å². The highest BCUT2D eigenvalue weighted by Crippen LogP contribution is 2.19. The molecule has 0 aliphatic rings. The lowest BCUT2D eigenvalue weighted by atomic mass is 10.1. The predicted octanol–water partition coefficient (Wildman–Crippen LogP) is 3.47. The molecule has 0 aliphatic carbocycles. The average molecular weight is 377 g/mol. The summed E-state index contributed by atoms with van der Waals surface area (Å²) in [6.07, 6.45) is 2.48. The van der Waals surface area contributed by atoms with Crippen molar-refractivity contribution in [1.29, 1.82) is 0 Å². The quantitative estimate of drug-likeness (QED) is 0.578. The molecule has 136 valence electrons. The lowest BCUT2D eigenvalue weighted by Crippen LogP contribution is -2.25. The maximum Gasteiger partial charge on any atom is 0.251 e. The molecule has 0 saturated carbocycles. The molecule has 0 radical (unpaired) electrons. The zero-order valence-electron chi connectivity index (χ0n) is 15.1. The van der Waals surface area contributed by atoms with Crippen LogP contribution in [0.5, 0.6) is 0 Å². The Morgan fingerprint density at radius 1 is 1.19 bits per heavy atom. The van der Waals surface area contributed by atoms with E-state index in [2.05, 4.69) is 20.4 Å². The molecule has 0 bridgehead atoms. The Morgan fingerprint density at radius 3 is 2.89 bits per heavy atom. The number of pyridine rings is 1. The van der Waals surface area contributed by atoms with Crippen LogP contribution in [0.2, 0.25) is 0 Å². The highest BCUT2D eigenvalue weighted by Gasteiger charge is 2.14. The van der Waals surface area contributed by atoms with E-state index >= 15 is 0 Å². The molecule has 0 spiro atoms. The van der Waals surface area contributed by atoms with Gasteiger partial charge in [0, 0.05) is 24.0 Å². The minimum atomic E-state index is -0.0716. The molecule has 4 aromatic rings. The van der Waals surface area contributed by atoms with E-state index in [0.717, 1.165) is 39.4 Å². The third kappa shape index (κ3) is 3.46. The molecule has 27 heavy (non-hydrogen) atoms. The fraction of sp³-hybridized carbons (Fsp3) is 0.200. The number of amides is 1. The molecule has 0 fully saturated rings. The van der Waals surface area contributed by atoms with E-state index in [-0.39, 0.29) is 5.91 Å². The fourth-order valence-corrected chi connectivity index (χ4v) is 3.85. The summed E-state index contributed by atoms with van der Waals surface area (Å²) in [6, 6.07) is 11.3. The summed E-state index contributed by atoms with van der Waals surface area (Å²) < 4.78 is 2.87. The van der Waals surface area contributed by atoms with Crippen LogP contribution >= 0.6 is 11.3 Å². The molecule has 1 amide bonds. The number of nitrogens with zero attached hydrogens (tertiary/aromatic N) is 4. The smallest absolute Gasteiger partial charge is 0.251 e. The maximum atomic E-state index is 12.4. The first-order valence-electron chi connectivity index (χ1n) is 8.71. The number of hydrogen-bond acceptors (Lipinski definition) is 5. The van der Waals surface area contributed by atoms with Gasteiger partial charge in [-0.3, -0.25) is 4.79 Å². The Morgan fingerprint density at radius 2 is 2.07 bits per heavy atom. The van der Waals surface area contributed by atoms with Crippen molar-refractivity contribution in [3.8, 4) is 5.82 Å². The summed E-state index contributed by atoms with van der Waals surface area (Å²) in [7, 11) is 0. The van der Waals surface area contributed by atoms with Gasteiger partial charge in [-0.15, -0.1) is 11.3 Å². The fourth-order valence-electron chi connectivity index (χ4n) is 3.14. The van der Waals surface area contributed by atoms with Gasteiger partial charge in [0.15, 0.2) is 5.82 Å². The normalized spacial score (nSPS) is 11.0. The first-order valence-corrected chi connectivity index (χ1v) is 9.59. The van der Waals surface area contributed by atoms with E-state index < -0.39 is 0 Å². The minimum Gasteiger partial charge on any atom is -0.352 e. The molecule has 6 nitrogen and oxygen atoms in total. The highest BCUT2D eigenvalue weighted by atomic mass is 32.1. The van der Waals surface area contributed by atoms with Crippen LogP contribution in [0.4, 0.5) is 0 Å². The van der Waals surface area contributed by atoms with Gasteiger partial charge in [0.2, 0.25) is 0 Å². The number of carbonyl (C=O) groups is 1. The number of hydrogen-bond donors (Lipinski definition) is 1. The summed E-state index contributed by atoms with van der Waals surface area (Å²) >= 11 is 1.54. The van der Waals surface area contributed by atoms with E-state index in [1.807, 2.05) is 54.9 Å². The maximum absolute atomic E-state index is 12.4. The Bertz CT molecular complexity index is 1100. The summed E-state index contributed by atoms with van der Waals surface area (Å²) in [5.41, 5.74) is 6.51. The van der Waals surface area contributed by atoms with Gasteiger partial charge in [-0.2, -0.15) is 5.10 Å². The van der Waals surface area contributed by atoms with Crippen LogP contribution in [-0.4, -0.2) is 32.2 Å². The third-order valence-corrected chi connectivity index (χ3v) is 5.35. The summed E-state index contributed by atoms with van der Waals surface area (Å²) in [6.45, 7) is 4.57. The first kappa shape index (κ1) is 17.4. The number of aryl methyl sites for hydroxylation is 1. The number of rotatable bonds is 5. The molecule has 1 N–H and O–H groups in total. The Labute approximate surface area is 160 Å². The van der Waals surface area contributed by atoms with Crippen molar-refractivity contribution in [3.63, 3.8) is 0 Å². The van der Waals surface area contributed by atoms with E-state index in [4.69, 9.17) is 0 Å². The van der Waals surface area contributed by atoms with E-state index in [9.17, 15) is 4.79 Å².